The zero-order valence-electron chi connectivity index (χ0n) is 18.5. The Balaban J connectivity index is 1.63. The van der Waals surface area contributed by atoms with Crippen LogP contribution in [0.4, 0.5) is 5.69 Å². The van der Waals surface area contributed by atoms with E-state index in [9.17, 15) is 4.79 Å². The summed E-state index contributed by atoms with van der Waals surface area (Å²) in [6.45, 7) is 11.1. The van der Waals surface area contributed by atoms with Crippen molar-refractivity contribution in [2.75, 3.05) is 11.1 Å². The molecule has 0 aliphatic carbocycles. The number of hydrogen-bond donors (Lipinski definition) is 1. The van der Waals surface area contributed by atoms with E-state index in [-0.39, 0.29) is 11.7 Å². The minimum atomic E-state index is -0.0719. The first kappa shape index (κ1) is 23.3. The summed E-state index contributed by atoms with van der Waals surface area (Å²) in [5.74, 6) is 1.77. The Kier molecular flexibility index (Phi) is 7.78. The van der Waals surface area contributed by atoms with Gasteiger partial charge in [-0.15, -0.1) is 10.2 Å². The highest BCUT2D eigenvalue weighted by molar-refractivity contribution is 9.10. The predicted octanol–water partition coefficient (Wildman–Crippen LogP) is 5.60. The lowest BCUT2D eigenvalue weighted by molar-refractivity contribution is -0.113. The Bertz CT molecular complexity index is 1070. The molecule has 31 heavy (non-hydrogen) atoms. The Labute approximate surface area is 195 Å². The molecule has 0 bridgehead atoms. The van der Waals surface area contributed by atoms with Crippen LogP contribution in [-0.2, 0) is 17.9 Å². The van der Waals surface area contributed by atoms with Crippen LogP contribution in [-0.4, -0.2) is 26.4 Å². The van der Waals surface area contributed by atoms with Crippen molar-refractivity contribution in [1.29, 1.82) is 0 Å². The molecule has 1 N–H and O–H groups in total. The summed E-state index contributed by atoms with van der Waals surface area (Å²) in [6, 6.07) is 9.99. The standard InChI is InChI=1S/C23H27BrN4O2S/c1-6-28-20(12-30-19-9-7-8-14(2)17(19)5)26-27-23(28)31-13-21(29)25-22-15(3)10-18(24)11-16(22)4/h7-11H,6,12-13H2,1-5H3,(H,25,29). The molecule has 3 rings (SSSR count). The number of amides is 1. The van der Waals surface area contributed by atoms with Crippen molar-refractivity contribution in [3.8, 4) is 5.75 Å². The van der Waals surface area contributed by atoms with Gasteiger partial charge in [0.2, 0.25) is 5.91 Å². The lowest BCUT2D eigenvalue weighted by Crippen LogP contribution is -2.16. The number of nitrogens with one attached hydrogen (secondary N) is 1. The van der Waals surface area contributed by atoms with E-state index in [0.29, 0.717) is 18.3 Å². The normalized spacial score (nSPS) is 10.9. The van der Waals surface area contributed by atoms with Gasteiger partial charge >= 0.3 is 0 Å². The number of thioether (sulfide) groups is 1. The van der Waals surface area contributed by atoms with Gasteiger partial charge in [-0.1, -0.05) is 39.8 Å². The second-order valence-electron chi connectivity index (χ2n) is 7.38. The Hall–Kier alpha value is -2.32. The van der Waals surface area contributed by atoms with E-state index in [0.717, 1.165) is 38.4 Å². The van der Waals surface area contributed by atoms with Gasteiger partial charge in [-0.05, 0) is 75.1 Å². The molecule has 1 heterocycles. The number of aromatic nitrogens is 3. The summed E-state index contributed by atoms with van der Waals surface area (Å²) < 4.78 is 8.97. The third-order valence-electron chi connectivity index (χ3n) is 5.12. The number of nitrogens with zero attached hydrogens (tertiary/aromatic N) is 3. The molecular weight excluding hydrogens is 476 g/mol. The summed E-state index contributed by atoms with van der Waals surface area (Å²) in [7, 11) is 0. The van der Waals surface area contributed by atoms with Crippen molar-refractivity contribution in [3.63, 3.8) is 0 Å². The smallest absolute Gasteiger partial charge is 0.234 e. The molecule has 0 saturated heterocycles. The second kappa shape index (κ2) is 10.3. The van der Waals surface area contributed by atoms with Gasteiger partial charge in [0.1, 0.15) is 12.4 Å². The summed E-state index contributed by atoms with van der Waals surface area (Å²) in [4.78, 5) is 12.5. The molecule has 6 nitrogen and oxygen atoms in total. The molecule has 8 heteroatoms. The lowest BCUT2D eigenvalue weighted by atomic mass is 10.1. The van der Waals surface area contributed by atoms with Gasteiger partial charge in [0.05, 0.1) is 5.75 Å². The van der Waals surface area contributed by atoms with E-state index < -0.39 is 0 Å². The Morgan fingerprint density at radius 1 is 1.13 bits per heavy atom. The Morgan fingerprint density at radius 3 is 2.52 bits per heavy atom. The topological polar surface area (TPSA) is 69.0 Å². The van der Waals surface area contributed by atoms with Gasteiger partial charge in [-0.3, -0.25) is 4.79 Å². The average Bonchev–Trinajstić information content (AvgIpc) is 3.12. The van der Waals surface area contributed by atoms with Gasteiger partial charge in [-0.25, -0.2) is 0 Å². The molecular formula is C23H27BrN4O2S. The van der Waals surface area contributed by atoms with E-state index >= 15 is 0 Å². The van der Waals surface area contributed by atoms with Crippen molar-refractivity contribution in [3.05, 3.63) is 62.9 Å². The van der Waals surface area contributed by atoms with Crippen LogP contribution in [0.25, 0.3) is 0 Å². The number of aryl methyl sites for hydroxylation is 3. The van der Waals surface area contributed by atoms with E-state index in [4.69, 9.17) is 4.74 Å². The number of anilines is 1. The van der Waals surface area contributed by atoms with Crippen LogP contribution in [0.15, 0.2) is 40.0 Å². The van der Waals surface area contributed by atoms with Gasteiger partial charge in [0.15, 0.2) is 11.0 Å². The molecule has 0 spiro atoms. The highest BCUT2D eigenvalue weighted by Gasteiger charge is 2.15. The van der Waals surface area contributed by atoms with Crippen molar-refractivity contribution in [2.24, 2.45) is 0 Å². The predicted molar refractivity (Wildman–Crippen MR) is 129 cm³/mol. The molecule has 0 saturated carbocycles. The molecule has 0 fully saturated rings. The first-order valence-electron chi connectivity index (χ1n) is 10.1. The maximum Gasteiger partial charge on any atom is 0.234 e. The zero-order valence-corrected chi connectivity index (χ0v) is 20.9. The quantitative estimate of drug-likeness (QED) is 0.405. The first-order chi connectivity index (χ1) is 14.8. The van der Waals surface area contributed by atoms with Crippen LogP contribution in [0, 0.1) is 27.7 Å². The summed E-state index contributed by atoms with van der Waals surface area (Å²) in [6.07, 6.45) is 0. The molecule has 2 aromatic carbocycles. The van der Waals surface area contributed by atoms with Gasteiger partial charge < -0.3 is 14.6 Å². The summed E-state index contributed by atoms with van der Waals surface area (Å²) in [5, 5.41) is 12.3. The molecule has 0 unspecified atom stereocenters. The van der Waals surface area contributed by atoms with E-state index in [1.54, 1.807) is 0 Å². The van der Waals surface area contributed by atoms with Gasteiger partial charge in [0.25, 0.3) is 0 Å². The highest BCUT2D eigenvalue weighted by Crippen LogP contribution is 2.26. The van der Waals surface area contributed by atoms with Crippen molar-refractivity contribution < 1.29 is 9.53 Å². The van der Waals surface area contributed by atoms with Gasteiger partial charge in [-0.2, -0.15) is 0 Å². The molecule has 0 aliphatic heterocycles. The minimum Gasteiger partial charge on any atom is -0.485 e. The minimum absolute atomic E-state index is 0.0719. The van der Waals surface area contributed by atoms with Crippen molar-refractivity contribution in [2.45, 2.75) is 52.9 Å². The van der Waals surface area contributed by atoms with Crippen LogP contribution in [0.3, 0.4) is 0 Å². The molecule has 164 valence electrons. The lowest BCUT2D eigenvalue weighted by Gasteiger charge is -2.13. The number of halogens is 1. The average molecular weight is 503 g/mol. The van der Waals surface area contributed by atoms with Crippen molar-refractivity contribution in [1.82, 2.24) is 14.8 Å². The van der Waals surface area contributed by atoms with Crippen LogP contribution in [0.2, 0.25) is 0 Å². The maximum absolute atomic E-state index is 12.5. The molecule has 3 aromatic rings. The number of ether oxygens (including phenoxy) is 1. The second-order valence-corrected chi connectivity index (χ2v) is 9.24. The van der Waals surface area contributed by atoms with Crippen LogP contribution < -0.4 is 10.1 Å². The van der Waals surface area contributed by atoms with Crippen LogP contribution in [0.1, 0.15) is 35.0 Å². The van der Waals surface area contributed by atoms with Crippen LogP contribution >= 0.6 is 27.7 Å². The van der Waals surface area contributed by atoms with Crippen molar-refractivity contribution >= 4 is 39.3 Å². The fourth-order valence-electron chi connectivity index (χ4n) is 3.29. The third-order valence-corrected chi connectivity index (χ3v) is 6.54. The summed E-state index contributed by atoms with van der Waals surface area (Å²) in [5.41, 5.74) is 5.21. The Morgan fingerprint density at radius 2 is 1.84 bits per heavy atom. The number of hydrogen-bond acceptors (Lipinski definition) is 5. The zero-order chi connectivity index (χ0) is 22.5. The molecule has 0 atom stereocenters. The molecule has 0 radical (unpaired) electrons. The van der Waals surface area contributed by atoms with Gasteiger partial charge in [0, 0.05) is 16.7 Å². The molecule has 1 amide bonds. The maximum atomic E-state index is 12.5. The number of carbonyl (C=O) groups excluding carboxylic acids is 1. The SMILES string of the molecule is CCn1c(COc2cccc(C)c2C)nnc1SCC(=O)Nc1c(C)cc(Br)cc1C. The number of carbonyl (C=O) groups is 1. The largest absolute Gasteiger partial charge is 0.485 e. The molecule has 1 aromatic heterocycles. The van der Waals surface area contributed by atoms with E-state index in [1.165, 1.54) is 17.3 Å². The first-order valence-corrected chi connectivity index (χ1v) is 11.9. The monoisotopic (exact) mass is 502 g/mol. The fourth-order valence-corrected chi connectivity index (χ4v) is 4.79. The van der Waals surface area contributed by atoms with Crippen LogP contribution in [0.5, 0.6) is 5.75 Å². The number of benzene rings is 2. The third kappa shape index (κ3) is 5.68. The molecule has 0 aliphatic rings. The summed E-state index contributed by atoms with van der Waals surface area (Å²) >= 11 is 4.86. The fraction of sp³-hybridized carbons (Fsp3) is 0.348. The van der Waals surface area contributed by atoms with E-state index in [1.807, 2.05) is 56.5 Å². The highest BCUT2D eigenvalue weighted by atomic mass is 79.9. The number of rotatable bonds is 8. The van der Waals surface area contributed by atoms with E-state index in [2.05, 4.69) is 44.4 Å².